The molecule has 2 aromatic rings. The van der Waals surface area contributed by atoms with Gasteiger partial charge in [0, 0.05) is 29.7 Å². The van der Waals surface area contributed by atoms with Gasteiger partial charge in [-0.15, -0.1) is 0 Å². The number of hydrogen-bond donors (Lipinski definition) is 1. The summed E-state index contributed by atoms with van der Waals surface area (Å²) in [6.45, 7) is 5.10. The monoisotopic (exact) mass is 426 g/mol. The minimum atomic E-state index is -0.399. The molecule has 2 aliphatic rings. The van der Waals surface area contributed by atoms with E-state index in [-0.39, 0.29) is 5.91 Å². The topological polar surface area (TPSA) is 41.6 Å². The van der Waals surface area contributed by atoms with Gasteiger partial charge in [0.1, 0.15) is 5.75 Å². The SMILES string of the molecule is CC(CCCC1Oc2ccccc2CNC1=O)N1CCCC(c2ccc(Cl)cc2)C1. The van der Waals surface area contributed by atoms with Crippen LogP contribution in [0, 0.1) is 0 Å². The lowest BCUT2D eigenvalue weighted by atomic mass is 9.89. The number of likely N-dealkylation sites (tertiary alicyclic amines) is 1. The van der Waals surface area contributed by atoms with Crippen LogP contribution in [0.5, 0.6) is 5.75 Å². The predicted molar refractivity (Wildman–Crippen MR) is 121 cm³/mol. The molecule has 0 spiro atoms. The Morgan fingerprint density at radius 1 is 1.20 bits per heavy atom. The highest BCUT2D eigenvalue weighted by molar-refractivity contribution is 6.30. The fourth-order valence-electron chi connectivity index (χ4n) is 4.65. The lowest BCUT2D eigenvalue weighted by Gasteiger charge is -2.37. The van der Waals surface area contributed by atoms with Crippen molar-refractivity contribution in [2.24, 2.45) is 0 Å². The largest absolute Gasteiger partial charge is 0.480 e. The molecule has 0 radical (unpaired) electrons. The summed E-state index contributed by atoms with van der Waals surface area (Å²) in [5.74, 6) is 1.40. The van der Waals surface area contributed by atoms with Crippen LogP contribution in [0.1, 0.15) is 56.1 Å². The zero-order chi connectivity index (χ0) is 20.9. The highest BCUT2D eigenvalue weighted by atomic mass is 35.5. The van der Waals surface area contributed by atoms with Crippen molar-refractivity contribution >= 4 is 17.5 Å². The zero-order valence-electron chi connectivity index (χ0n) is 17.6. The molecule has 30 heavy (non-hydrogen) atoms. The van der Waals surface area contributed by atoms with Crippen molar-refractivity contribution in [3.8, 4) is 5.75 Å². The number of nitrogens with zero attached hydrogens (tertiary/aromatic N) is 1. The number of rotatable bonds is 6. The van der Waals surface area contributed by atoms with Crippen LogP contribution < -0.4 is 10.1 Å². The summed E-state index contributed by atoms with van der Waals surface area (Å²) in [6, 6.07) is 16.7. The van der Waals surface area contributed by atoms with Crippen molar-refractivity contribution in [3.63, 3.8) is 0 Å². The number of para-hydroxylation sites is 1. The molecule has 2 aromatic carbocycles. The van der Waals surface area contributed by atoms with E-state index in [4.69, 9.17) is 16.3 Å². The summed E-state index contributed by atoms with van der Waals surface area (Å²) in [5, 5.41) is 3.79. The van der Waals surface area contributed by atoms with Gasteiger partial charge in [0.25, 0.3) is 5.91 Å². The standard InChI is InChI=1S/C25H31ClN2O2/c1-18(28-15-5-8-21(17-28)19-11-13-22(26)14-12-19)6-4-10-24-25(29)27-16-20-7-2-3-9-23(20)30-24/h2-3,7,9,11-14,18,21,24H,4-6,8,10,15-17H2,1H3,(H,27,29). The molecule has 0 bridgehead atoms. The van der Waals surface area contributed by atoms with Gasteiger partial charge in [-0.3, -0.25) is 4.79 Å². The summed E-state index contributed by atoms with van der Waals surface area (Å²) in [5.41, 5.74) is 2.43. The van der Waals surface area contributed by atoms with E-state index in [1.165, 1.54) is 18.4 Å². The molecule has 0 saturated carbocycles. The highest BCUT2D eigenvalue weighted by Crippen LogP contribution is 2.30. The van der Waals surface area contributed by atoms with Crippen molar-refractivity contribution in [1.82, 2.24) is 10.2 Å². The number of halogens is 1. The van der Waals surface area contributed by atoms with Crippen LogP contribution in [0.3, 0.4) is 0 Å². The van der Waals surface area contributed by atoms with Crippen LogP contribution >= 0.6 is 11.6 Å². The molecule has 160 valence electrons. The van der Waals surface area contributed by atoms with E-state index >= 15 is 0 Å². The van der Waals surface area contributed by atoms with Crippen LogP contribution in [0.4, 0.5) is 0 Å². The van der Waals surface area contributed by atoms with Crippen molar-refractivity contribution in [1.29, 1.82) is 0 Å². The molecule has 3 unspecified atom stereocenters. The van der Waals surface area contributed by atoms with Crippen LogP contribution in [0.2, 0.25) is 5.02 Å². The Bertz CT molecular complexity index is 854. The number of carbonyl (C=O) groups excluding carboxylic acids is 1. The first-order chi connectivity index (χ1) is 14.6. The lowest BCUT2D eigenvalue weighted by Crippen LogP contribution is -2.41. The predicted octanol–water partition coefficient (Wildman–Crippen LogP) is 5.16. The Labute approximate surface area is 184 Å². The maximum atomic E-state index is 12.4. The number of carbonyl (C=O) groups is 1. The number of piperidine rings is 1. The van der Waals surface area contributed by atoms with Crippen LogP contribution in [0.15, 0.2) is 48.5 Å². The lowest BCUT2D eigenvalue weighted by molar-refractivity contribution is -0.127. The number of ether oxygens (including phenoxy) is 1. The smallest absolute Gasteiger partial charge is 0.261 e. The van der Waals surface area contributed by atoms with Gasteiger partial charge in [-0.05, 0) is 75.3 Å². The van der Waals surface area contributed by atoms with E-state index in [0.717, 1.165) is 48.7 Å². The van der Waals surface area contributed by atoms with E-state index < -0.39 is 6.10 Å². The van der Waals surface area contributed by atoms with Gasteiger partial charge in [-0.2, -0.15) is 0 Å². The van der Waals surface area contributed by atoms with Crippen LogP contribution in [-0.2, 0) is 11.3 Å². The fourth-order valence-corrected chi connectivity index (χ4v) is 4.78. The van der Waals surface area contributed by atoms with Crippen molar-refractivity contribution in [2.45, 2.75) is 63.6 Å². The Kier molecular flexibility index (Phi) is 6.96. The average Bonchev–Trinajstić information content (AvgIpc) is 2.93. The number of nitrogens with one attached hydrogen (secondary N) is 1. The normalized spacial score (nSPS) is 23.1. The minimum Gasteiger partial charge on any atom is -0.480 e. The third kappa shape index (κ3) is 5.16. The Balaban J connectivity index is 1.28. The van der Waals surface area contributed by atoms with E-state index in [1.807, 2.05) is 36.4 Å². The van der Waals surface area contributed by atoms with Gasteiger partial charge in [0.2, 0.25) is 0 Å². The second-order valence-electron chi connectivity index (χ2n) is 8.60. The Morgan fingerprint density at radius 2 is 2.00 bits per heavy atom. The molecule has 5 heteroatoms. The zero-order valence-corrected chi connectivity index (χ0v) is 18.4. The van der Waals surface area contributed by atoms with Crippen LogP contribution in [0.25, 0.3) is 0 Å². The molecule has 1 N–H and O–H groups in total. The molecular formula is C25H31ClN2O2. The van der Waals surface area contributed by atoms with Crippen molar-refractivity contribution < 1.29 is 9.53 Å². The minimum absolute atomic E-state index is 0.000344. The van der Waals surface area contributed by atoms with E-state index in [0.29, 0.717) is 18.5 Å². The third-order valence-corrected chi connectivity index (χ3v) is 6.75. The van der Waals surface area contributed by atoms with Crippen molar-refractivity contribution in [2.75, 3.05) is 13.1 Å². The second-order valence-corrected chi connectivity index (χ2v) is 9.03. The molecule has 1 amide bonds. The summed E-state index contributed by atoms with van der Waals surface area (Å²) in [4.78, 5) is 15.0. The van der Waals surface area contributed by atoms with Gasteiger partial charge in [-0.25, -0.2) is 0 Å². The molecule has 1 saturated heterocycles. The third-order valence-electron chi connectivity index (χ3n) is 6.49. The molecule has 0 aromatic heterocycles. The molecule has 0 aliphatic carbocycles. The maximum absolute atomic E-state index is 12.4. The molecule has 4 rings (SSSR count). The summed E-state index contributed by atoms with van der Waals surface area (Å²) in [7, 11) is 0. The molecule has 2 heterocycles. The van der Waals surface area contributed by atoms with Gasteiger partial charge in [0.15, 0.2) is 6.10 Å². The average molecular weight is 427 g/mol. The summed E-state index contributed by atoms with van der Waals surface area (Å²) < 4.78 is 6.04. The fraction of sp³-hybridized carbons (Fsp3) is 0.480. The first kappa shape index (κ1) is 21.2. The maximum Gasteiger partial charge on any atom is 0.261 e. The van der Waals surface area contributed by atoms with Gasteiger partial charge >= 0.3 is 0 Å². The van der Waals surface area contributed by atoms with E-state index in [2.05, 4.69) is 29.3 Å². The van der Waals surface area contributed by atoms with Crippen molar-refractivity contribution in [3.05, 3.63) is 64.7 Å². The quantitative estimate of drug-likeness (QED) is 0.694. The van der Waals surface area contributed by atoms with Crippen LogP contribution in [-0.4, -0.2) is 36.0 Å². The van der Waals surface area contributed by atoms with Gasteiger partial charge in [-0.1, -0.05) is 41.9 Å². The summed E-state index contributed by atoms with van der Waals surface area (Å²) in [6.07, 6.45) is 4.86. The van der Waals surface area contributed by atoms with Gasteiger partial charge in [0.05, 0.1) is 0 Å². The number of amides is 1. The Hall–Kier alpha value is -2.04. The van der Waals surface area contributed by atoms with E-state index in [9.17, 15) is 4.79 Å². The van der Waals surface area contributed by atoms with Gasteiger partial charge < -0.3 is 15.0 Å². The molecule has 2 aliphatic heterocycles. The number of fused-ring (bicyclic) bond motifs is 1. The number of hydrogen-bond acceptors (Lipinski definition) is 3. The number of benzene rings is 2. The highest BCUT2D eigenvalue weighted by Gasteiger charge is 2.27. The molecule has 4 nitrogen and oxygen atoms in total. The molecular weight excluding hydrogens is 396 g/mol. The first-order valence-electron chi connectivity index (χ1n) is 11.1. The first-order valence-corrected chi connectivity index (χ1v) is 11.5. The molecule has 3 atom stereocenters. The second kappa shape index (κ2) is 9.84. The Morgan fingerprint density at radius 3 is 2.83 bits per heavy atom. The summed E-state index contributed by atoms with van der Waals surface area (Å²) >= 11 is 6.05. The molecule has 1 fully saturated rings. The van der Waals surface area contributed by atoms with E-state index in [1.54, 1.807) is 0 Å².